The molecule has 0 bridgehead atoms. The zero-order valence-electron chi connectivity index (χ0n) is 22.2. The molecule has 0 aliphatic carbocycles. The van der Waals surface area contributed by atoms with Gasteiger partial charge in [0.1, 0.15) is 16.7 Å². The third-order valence-corrected chi connectivity index (χ3v) is 7.59. The van der Waals surface area contributed by atoms with Crippen LogP contribution in [0.4, 0.5) is 0 Å². The number of nitrogens with one attached hydrogen (secondary N) is 2. The van der Waals surface area contributed by atoms with E-state index in [0.717, 1.165) is 29.5 Å². The Kier molecular flexibility index (Phi) is 10.5. The van der Waals surface area contributed by atoms with E-state index in [9.17, 15) is 14.4 Å². The molecule has 0 saturated carbocycles. The maximum atomic E-state index is 12.8. The number of hydrogen-bond acceptors (Lipinski definition) is 6. The van der Waals surface area contributed by atoms with E-state index in [-0.39, 0.29) is 18.2 Å². The molecule has 0 atom stereocenters. The number of hydrazine groups is 1. The lowest BCUT2D eigenvalue weighted by Crippen LogP contribution is -2.41. The van der Waals surface area contributed by atoms with E-state index in [1.165, 1.54) is 11.8 Å². The molecule has 1 aliphatic heterocycles. The van der Waals surface area contributed by atoms with Gasteiger partial charge in [0.2, 0.25) is 5.91 Å². The van der Waals surface area contributed by atoms with Crippen LogP contribution in [0.5, 0.6) is 5.75 Å². The minimum absolute atomic E-state index is 0.0770. The number of benzene rings is 3. The molecule has 4 rings (SSSR count). The van der Waals surface area contributed by atoms with E-state index >= 15 is 0 Å². The minimum atomic E-state index is -0.406. The number of hydrogen-bond donors (Lipinski definition) is 2. The van der Waals surface area contributed by atoms with E-state index in [1.807, 2.05) is 67.6 Å². The molecule has 3 aromatic rings. The van der Waals surface area contributed by atoms with Crippen molar-refractivity contribution in [3.63, 3.8) is 0 Å². The van der Waals surface area contributed by atoms with Gasteiger partial charge in [-0.1, -0.05) is 90.6 Å². The second kappa shape index (κ2) is 14.4. The zero-order valence-corrected chi connectivity index (χ0v) is 23.9. The van der Waals surface area contributed by atoms with Gasteiger partial charge in [0.25, 0.3) is 11.8 Å². The van der Waals surface area contributed by atoms with Gasteiger partial charge in [0.15, 0.2) is 0 Å². The molecule has 0 unspecified atom stereocenters. The van der Waals surface area contributed by atoms with Crippen molar-refractivity contribution in [1.29, 1.82) is 0 Å². The van der Waals surface area contributed by atoms with Crippen molar-refractivity contribution in [2.75, 3.05) is 6.54 Å². The van der Waals surface area contributed by atoms with Gasteiger partial charge >= 0.3 is 0 Å². The Hall–Kier alpha value is -3.95. The number of ether oxygens (including phenoxy) is 1. The molecule has 3 aromatic carbocycles. The molecule has 40 heavy (non-hydrogen) atoms. The molecule has 0 spiro atoms. The lowest BCUT2D eigenvalue weighted by Gasteiger charge is -2.14. The Balaban J connectivity index is 1.11. The molecule has 2 N–H and O–H groups in total. The molecule has 3 amide bonds. The van der Waals surface area contributed by atoms with E-state index in [2.05, 4.69) is 10.9 Å². The Labute approximate surface area is 244 Å². The number of nitrogens with zero attached hydrogens (tertiary/aromatic N) is 1. The fourth-order valence-electron chi connectivity index (χ4n) is 3.94. The summed E-state index contributed by atoms with van der Waals surface area (Å²) in [7, 11) is 0. The first kappa shape index (κ1) is 29.0. The summed E-state index contributed by atoms with van der Waals surface area (Å²) in [5, 5.41) is 0. The van der Waals surface area contributed by atoms with Crippen LogP contribution in [0, 0.1) is 6.92 Å². The molecule has 7 nitrogen and oxygen atoms in total. The molecule has 0 aromatic heterocycles. The highest BCUT2D eigenvalue weighted by atomic mass is 32.2. The number of thiocarbonyl (C=S) groups is 1. The molecule has 1 aliphatic rings. The summed E-state index contributed by atoms with van der Waals surface area (Å²) < 4.78 is 6.29. The maximum Gasteiger partial charge on any atom is 0.269 e. The van der Waals surface area contributed by atoms with Gasteiger partial charge < -0.3 is 4.74 Å². The highest BCUT2D eigenvalue weighted by molar-refractivity contribution is 8.26. The zero-order chi connectivity index (χ0) is 28.3. The van der Waals surface area contributed by atoms with Crippen molar-refractivity contribution < 1.29 is 19.1 Å². The average molecular weight is 574 g/mol. The summed E-state index contributed by atoms with van der Waals surface area (Å²) in [6.07, 6.45) is 4.23. The molecule has 1 heterocycles. The largest absolute Gasteiger partial charge is 0.489 e. The second-order valence-electron chi connectivity index (χ2n) is 9.36. The highest BCUT2D eigenvalue weighted by Crippen LogP contribution is 2.32. The molecular weight excluding hydrogens is 542 g/mol. The highest BCUT2D eigenvalue weighted by Gasteiger charge is 2.31. The van der Waals surface area contributed by atoms with Gasteiger partial charge in [-0.3, -0.25) is 30.1 Å². The summed E-state index contributed by atoms with van der Waals surface area (Å²) in [6.45, 7) is 2.97. The summed E-state index contributed by atoms with van der Waals surface area (Å²) in [5.41, 5.74) is 8.49. The second-order valence-corrected chi connectivity index (χ2v) is 11.0. The summed E-state index contributed by atoms with van der Waals surface area (Å²) in [4.78, 5) is 39.6. The van der Waals surface area contributed by atoms with Gasteiger partial charge in [0, 0.05) is 18.5 Å². The lowest BCUT2D eigenvalue weighted by molar-refractivity contribution is -0.123. The first-order valence-corrected chi connectivity index (χ1v) is 14.3. The van der Waals surface area contributed by atoms with E-state index in [4.69, 9.17) is 17.0 Å². The number of amides is 3. The SMILES string of the molecule is Cc1ccc(C=C2SC(=S)N(CCCCCC(=O)NNC(=O)c3ccc(OCc4ccccc4)cc3)C2=O)cc1. The lowest BCUT2D eigenvalue weighted by atomic mass is 10.1. The van der Waals surface area contributed by atoms with Gasteiger partial charge in [-0.15, -0.1) is 0 Å². The fourth-order valence-corrected chi connectivity index (χ4v) is 5.25. The maximum absolute atomic E-state index is 12.8. The van der Waals surface area contributed by atoms with Crippen molar-refractivity contribution in [2.45, 2.75) is 39.2 Å². The van der Waals surface area contributed by atoms with Gasteiger partial charge in [-0.25, -0.2) is 0 Å². The summed E-state index contributed by atoms with van der Waals surface area (Å²) in [5.74, 6) is -0.108. The molecule has 1 saturated heterocycles. The molecular formula is C31H31N3O4S2. The monoisotopic (exact) mass is 573 g/mol. The van der Waals surface area contributed by atoms with Crippen LogP contribution in [0.1, 0.15) is 52.7 Å². The number of aryl methyl sites for hydroxylation is 1. The Morgan fingerprint density at radius 3 is 2.38 bits per heavy atom. The standard InChI is InChI=1S/C31H31N3O4S2/c1-22-11-13-23(14-12-22)20-27-30(37)34(31(39)40-27)19-7-3-6-10-28(35)32-33-29(36)25-15-17-26(18-16-25)38-21-24-8-4-2-5-9-24/h2,4-5,8-9,11-18,20H,3,6-7,10,19,21H2,1H3,(H,32,35)(H,33,36). The Morgan fingerprint density at radius 1 is 0.925 bits per heavy atom. The van der Waals surface area contributed by atoms with Crippen molar-refractivity contribution in [1.82, 2.24) is 15.8 Å². The van der Waals surface area contributed by atoms with Crippen molar-refractivity contribution in [3.8, 4) is 5.75 Å². The van der Waals surface area contributed by atoms with Crippen LogP contribution in [-0.4, -0.2) is 33.5 Å². The number of carbonyl (C=O) groups excluding carboxylic acids is 3. The Morgan fingerprint density at radius 2 is 1.65 bits per heavy atom. The van der Waals surface area contributed by atoms with Gasteiger partial charge in [-0.2, -0.15) is 0 Å². The summed E-state index contributed by atoms with van der Waals surface area (Å²) in [6, 6.07) is 24.5. The average Bonchev–Trinajstić information content (AvgIpc) is 3.23. The van der Waals surface area contributed by atoms with Gasteiger partial charge in [0.05, 0.1) is 4.91 Å². The normalized spacial score (nSPS) is 13.9. The quantitative estimate of drug-likeness (QED) is 0.131. The predicted octanol–water partition coefficient (Wildman–Crippen LogP) is 5.80. The van der Waals surface area contributed by atoms with Crippen LogP contribution in [-0.2, 0) is 16.2 Å². The van der Waals surface area contributed by atoms with Crippen LogP contribution < -0.4 is 15.6 Å². The first-order chi connectivity index (χ1) is 19.4. The number of unbranched alkanes of at least 4 members (excludes halogenated alkanes) is 2. The topological polar surface area (TPSA) is 87.7 Å². The molecule has 206 valence electrons. The number of thioether (sulfide) groups is 1. The van der Waals surface area contributed by atoms with Crippen LogP contribution in [0.2, 0.25) is 0 Å². The molecule has 1 fully saturated rings. The predicted molar refractivity (Wildman–Crippen MR) is 162 cm³/mol. The minimum Gasteiger partial charge on any atom is -0.489 e. The number of carbonyl (C=O) groups is 3. The van der Waals surface area contributed by atoms with Crippen molar-refractivity contribution in [3.05, 3.63) is 106 Å². The number of rotatable bonds is 11. The fraction of sp³-hybridized carbons (Fsp3) is 0.226. The van der Waals surface area contributed by atoms with E-state index < -0.39 is 5.91 Å². The van der Waals surface area contributed by atoms with Crippen LogP contribution >= 0.6 is 24.0 Å². The van der Waals surface area contributed by atoms with Crippen LogP contribution in [0.15, 0.2) is 83.8 Å². The van der Waals surface area contributed by atoms with E-state index in [1.54, 1.807) is 29.2 Å². The van der Waals surface area contributed by atoms with E-state index in [0.29, 0.717) is 40.1 Å². The van der Waals surface area contributed by atoms with Crippen molar-refractivity contribution >= 4 is 52.1 Å². The van der Waals surface area contributed by atoms with Crippen molar-refractivity contribution in [2.24, 2.45) is 0 Å². The Bertz CT molecular complexity index is 1370. The van der Waals surface area contributed by atoms with Crippen LogP contribution in [0.25, 0.3) is 6.08 Å². The third kappa shape index (κ3) is 8.53. The smallest absolute Gasteiger partial charge is 0.269 e. The van der Waals surface area contributed by atoms with Crippen LogP contribution in [0.3, 0.4) is 0 Å². The van der Waals surface area contributed by atoms with Gasteiger partial charge in [-0.05, 0) is 61.2 Å². The third-order valence-electron chi connectivity index (χ3n) is 6.21. The molecule has 9 heteroatoms. The summed E-state index contributed by atoms with van der Waals surface area (Å²) >= 11 is 6.72. The first-order valence-electron chi connectivity index (χ1n) is 13.1. The molecule has 0 radical (unpaired) electrons.